The molecular weight excluding hydrogens is 322 g/mol. The third-order valence-corrected chi connectivity index (χ3v) is 5.87. The van der Waals surface area contributed by atoms with Crippen LogP contribution in [0, 0.1) is 0 Å². The van der Waals surface area contributed by atoms with Gasteiger partial charge in [0.25, 0.3) is 0 Å². The second-order valence-corrected chi connectivity index (χ2v) is 7.72. The van der Waals surface area contributed by atoms with Gasteiger partial charge in [-0.2, -0.15) is 0 Å². The molecule has 1 saturated heterocycles. The quantitative estimate of drug-likeness (QED) is 0.890. The molecule has 5 heteroatoms. The van der Waals surface area contributed by atoms with Crippen LogP contribution in [-0.4, -0.2) is 48.6 Å². The fraction of sp³-hybridized carbons (Fsp3) is 0.714. The predicted molar refractivity (Wildman–Crippen MR) is 86.7 cm³/mol. The van der Waals surface area contributed by atoms with E-state index < -0.39 is 0 Å². The van der Waals surface area contributed by atoms with Crippen LogP contribution in [0.4, 0.5) is 0 Å². The SMILES string of the molecule is CCC(C)N1CCN(C(CN)c2ccc(Br)s2)CC1. The Morgan fingerprint density at radius 3 is 2.37 bits per heavy atom. The molecule has 1 aliphatic heterocycles. The van der Waals surface area contributed by atoms with Crippen molar-refractivity contribution in [3.05, 3.63) is 20.8 Å². The molecule has 0 amide bonds. The summed E-state index contributed by atoms with van der Waals surface area (Å²) in [6.07, 6.45) is 1.23. The molecule has 2 rings (SSSR count). The van der Waals surface area contributed by atoms with Gasteiger partial charge in [-0.1, -0.05) is 6.92 Å². The van der Waals surface area contributed by atoms with Crippen LogP contribution in [0.2, 0.25) is 0 Å². The second-order valence-electron chi connectivity index (χ2n) is 5.22. The molecular formula is C14H24BrN3S. The smallest absolute Gasteiger partial charge is 0.0702 e. The fourth-order valence-electron chi connectivity index (χ4n) is 2.70. The van der Waals surface area contributed by atoms with E-state index in [0.29, 0.717) is 18.6 Å². The minimum atomic E-state index is 0.385. The van der Waals surface area contributed by atoms with Gasteiger partial charge in [0.05, 0.1) is 9.83 Å². The lowest BCUT2D eigenvalue weighted by Gasteiger charge is -2.40. The van der Waals surface area contributed by atoms with Crippen LogP contribution in [0.5, 0.6) is 0 Å². The van der Waals surface area contributed by atoms with E-state index in [1.165, 1.54) is 15.1 Å². The molecule has 2 unspecified atom stereocenters. The molecule has 2 N–H and O–H groups in total. The predicted octanol–water partition coefficient (Wildman–Crippen LogP) is 2.93. The second kappa shape index (κ2) is 7.18. The number of nitrogens with two attached hydrogens (primary N) is 1. The summed E-state index contributed by atoms with van der Waals surface area (Å²) in [7, 11) is 0. The maximum Gasteiger partial charge on any atom is 0.0702 e. The Balaban J connectivity index is 1.95. The topological polar surface area (TPSA) is 32.5 Å². The molecule has 2 heterocycles. The Kier molecular flexibility index (Phi) is 5.84. The average molecular weight is 346 g/mol. The Morgan fingerprint density at radius 1 is 1.26 bits per heavy atom. The first-order valence-electron chi connectivity index (χ1n) is 7.09. The van der Waals surface area contributed by atoms with Gasteiger partial charge in [0.2, 0.25) is 0 Å². The van der Waals surface area contributed by atoms with Gasteiger partial charge >= 0.3 is 0 Å². The number of thiophene rings is 1. The van der Waals surface area contributed by atoms with E-state index in [9.17, 15) is 0 Å². The van der Waals surface area contributed by atoms with E-state index in [1.807, 2.05) is 11.3 Å². The third kappa shape index (κ3) is 3.79. The molecule has 0 bridgehead atoms. The maximum absolute atomic E-state index is 6.00. The number of hydrogen-bond donors (Lipinski definition) is 1. The van der Waals surface area contributed by atoms with Crippen LogP contribution in [0.1, 0.15) is 31.2 Å². The lowest BCUT2D eigenvalue weighted by molar-refractivity contribution is 0.0753. The maximum atomic E-state index is 6.00. The van der Waals surface area contributed by atoms with Gasteiger partial charge in [-0.3, -0.25) is 9.80 Å². The van der Waals surface area contributed by atoms with Crippen molar-refractivity contribution in [1.82, 2.24) is 9.80 Å². The van der Waals surface area contributed by atoms with Crippen molar-refractivity contribution in [2.45, 2.75) is 32.4 Å². The van der Waals surface area contributed by atoms with Gasteiger partial charge in [-0.25, -0.2) is 0 Å². The van der Waals surface area contributed by atoms with E-state index >= 15 is 0 Å². The molecule has 2 atom stereocenters. The summed E-state index contributed by atoms with van der Waals surface area (Å²) >= 11 is 5.35. The molecule has 0 saturated carbocycles. The largest absolute Gasteiger partial charge is 0.329 e. The van der Waals surface area contributed by atoms with Crippen LogP contribution in [0.15, 0.2) is 15.9 Å². The fourth-order valence-corrected chi connectivity index (χ4v) is 4.27. The Hall–Kier alpha value is 0.0600. The number of hydrogen-bond acceptors (Lipinski definition) is 4. The van der Waals surface area contributed by atoms with E-state index in [1.54, 1.807) is 0 Å². The molecule has 1 aliphatic rings. The molecule has 1 aromatic heterocycles. The van der Waals surface area contributed by atoms with Crippen LogP contribution in [-0.2, 0) is 0 Å². The normalized spacial score (nSPS) is 21.5. The minimum Gasteiger partial charge on any atom is -0.329 e. The molecule has 1 fully saturated rings. The van der Waals surface area contributed by atoms with Crippen LogP contribution in [0.3, 0.4) is 0 Å². The van der Waals surface area contributed by atoms with Crippen molar-refractivity contribution in [2.75, 3.05) is 32.7 Å². The zero-order chi connectivity index (χ0) is 13.8. The highest BCUT2D eigenvalue weighted by Gasteiger charge is 2.26. The Bertz CT molecular complexity index is 388. The molecule has 0 radical (unpaired) electrons. The van der Waals surface area contributed by atoms with E-state index in [-0.39, 0.29) is 0 Å². The van der Waals surface area contributed by atoms with Crippen molar-refractivity contribution in [1.29, 1.82) is 0 Å². The van der Waals surface area contributed by atoms with Crippen molar-refractivity contribution >= 4 is 27.3 Å². The van der Waals surface area contributed by atoms with Crippen LogP contribution < -0.4 is 5.73 Å². The van der Waals surface area contributed by atoms with Gasteiger partial charge in [0.1, 0.15) is 0 Å². The molecule has 3 nitrogen and oxygen atoms in total. The van der Waals surface area contributed by atoms with E-state index in [2.05, 4.69) is 51.7 Å². The molecule has 0 aliphatic carbocycles. The molecule has 0 spiro atoms. The summed E-state index contributed by atoms with van der Waals surface area (Å²) in [6, 6.07) is 5.41. The van der Waals surface area contributed by atoms with Gasteiger partial charge < -0.3 is 5.73 Å². The standard InChI is InChI=1S/C14H24BrN3S/c1-3-11(2)17-6-8-18(9-7-17)12(10-16)13-4-5-14(15)19-13/h4-5,11-12H,3,6-10,16H2,1-2H3. The molecule has 0 aromatic carbocycles. The summed E-state index contributed by atoms with van der Waals surface area (Å²) in [6.45, 7) is 9.88. The van der Waals surface area contributed by atoms with Gasteiger partial charge in [-0.05, 0) is 41.4 Å². The van der Waals surface area contributed by atoms with Gasteiger partial charge in [-0.15, -0.1) is 11.3 Å². The lowest BCUT2D eigenvalue weighted by atomic mass is 10.1. The highest BCUT2D eigenvalue weighted by Crippen LogP contribution is 2.31. The highest BCUT2D eigenvalue weighted by molar-refractivity contribution is 9.11. The lowest BCUT2D eigenvalue weighted by Crippen LogP contribution is -2.51. The molecule has 19 heavy (non-hydrogen) atoms. The number of piperazine rings is 1. The summed E-state index contributed by atoms with van der Waals surface area (Å²) < 4.78 is 1.19. The molecule has 1 aromatic rings. The van der Waals surface area contributed by atoms with Crippen molar-refractivity contribution in [3.63, 3.8) is 0 Å². The third-order valence-electron chi connectivity index (χ3n) is 4.15. The first-order valence-corrected chi connectivity index (χ1v) is 8.70. The first-order chi connectivity index (χ1) is 9.15. The van der Waals surface area contributed by atoms with Gasteiger partial charge in [0.15, 0.2) is 0 Å². The highest BCUT2D eigenvalue weighted by atomic mass is 79.9. The zero-order valence-corrected chi connectivity index (χ0v) is 14.2. The summed E-state index contributed by atoms with van der Waals surface area (Å²) in [4.78, 5) is 6.51. The first kappa shape index (κ1) is 15.4. The Morgan fingerprint density at radius 2 is 1.89 bits per heavy atom. The minimum absolute atomic E-state index is 0.385. The summed E-state index contributed by atoms with van der Waals surface area (Å²) in [5.41, 5.74) is 6.00. The van der Waals surface area contributed by atoms with Gasteiger partial charge in [0, 0.05) is 43.6 Å². The monoisotopic (exact) mass is 345 g/mol. The molecule has 108 valence electrons. The summed E-state index contributed by atoms with van der Waals surface area (Å²) in [5.74, 6) is 0. The van der Waals surface area contributed by atoms with E-state index in [0.717, 1.165) is 26.2 Å². The average Bonchev–Trinajstić information content (AvgIpc) is 2.86. The number of nitrogens with zero attached hydrogens (tertiary/aromatic N) is 2. The number of halogens is 1. The zero-order valence-electron chi connectivity index (χ0n) is 11.8. The van der Waals surface area contributed by atoms with Crippen molar-refractivity contribution in [2.24, 2.45) is 5.73 Å². The van der Waals surface area contributed by atoms with Crippen LogP contribution >= 0.6 is 27.3 Å². The van der Waals surface area contributed by atoms with Crippen LogP contribution in [0.25, 0.3) is 0 Å². The van der Waals surface area contributed by atoms with Crippen molar-refractivity contribution < 1.29 is 0 Å². The Labute approximate surface area is 128 Å². The van der Waals surface area contributed by atoms with E-state index in [4.69, 9.17) is 5.73 Å². The van der Waals surface area contributed by atoms with Crippen molar-refractivity contribution in [3.8, 4) is 0 Å². The number of rotatable bonds is 5. The summed E-state index contributed by atoms with van der Waals surface area (Å²) in [5, 5.41) is 0.